The molecule has 0 spiro atoms. The zero-order valence-electron chi connectivity index (χ0n) is 19.3. The van der Waals surface area contributed by atoms with Crippen molar-refractivity contribution in [2.75, 3.05) is 0 Å². The molecule has 0 radical (unpaired) electrons. The second-order valence-electron chi connectivity index (χ2n) is 10.8. The van der Waals surface area contributed by atoms with Gasteiger partial charge in [-0.1, -0.05) is 0 Å². The van der Waals surface area contributed by atoms with Crippen LogP contribution < -0.4 is 0 Å². The standard InChI is InChI=1S/C17H21.C10H15.Hf/c1-11(2)15-6-5-12-7-13-9-17(3,4)10-14(13)8-16(12)15;1-6-7(2)9(4)10(5)8(6)3;/h5-8,11H,9-10H2,1-4H3;1-5H3;. The summed E-state index contributed by atoms with van der Waals surface area (Å²) in [4.78, 5) is 0. The van der Waals surface area contributed by atoms with Crippen molar-refractivity contribution in [3.05, 3.63) is 62.8 Å². The van der Waals surface area contributed by atoms with Gasteiger partial charge in [-0.3, -0.25) is 0 Å². The Bertz CT molecular complexity index is 927. The van der Waals surface area contributed by atoms with Crippen LogP contribution >= 0.6 is 0 Å². The molecule has 0 fully saturated rings. The Morgan fingerprint density at radius 1 is 0.857 bits per heavy atom. The van der Waals surface area contributed by atoms with Crippen LogP contribution in [0.4, 0.5) is 0 Å². The van der Waals surface area contributed by atoms with Gasteiger partial charge in [0.05, 0.1) is 0 Å². The molecule has 0 aliphatic heterocycles. The third-order valence-corrected chi connectivity index (χ3v) is 17.9. The maximum atomic E-state index is 2.64. The van der Waals surface area contributed by atoms with Gasteiger partial charge in [0, 0.05) is 0 Å². The fraction of sp³-hybridized carbons (Fsp3) is 0.556. The molecule has 0 bridgehead atoms. The Morgan fingerprint density at radius 2 is 1.39 bits per heavy atom. The van der Waals surface area contributed by atoms with E-state index in [1.807, 2.05) is 0 Å². The van der Waals surface area contributed by atoms with Crippen molar-refractivity contribution in [1.82, 2.24) is 0 Å². The van der Waals surface area contributed by atoms with Crippen LogP contribution in [0.5, 0.6) is 0 Å². The number of benzene rings is 1. The molecular weight excluding hydrogens is 503 g/mol. The van der Waals surface area contributed by atoms with Crippen molar-refractivity contribution in [3.63, 3.8) is 0 Å². The van der Waals surface area contributed by atoms with Crippen molar-refractivity contribution in [3.8, 4) is 0 Å². The van der Waals surface area contributed by atoms with Gasteiger partial charge in [-0.2, -0.15) is 0 Å². The summed E-state index contributed by atoms with van der Waals surface area (Å²) in [6.07, 6.45) is 7.59. The molecule has 1 heteroatoms. The quantitative estimate of drug-likeness (QED) is 0.347. The molecule has 148 valence electrons. The van der Waals surface area contributed by atoms with E-state index in [4.69, 9.17) is 0 Å². The first-order chi connectivity index (χ1) is 12.9. The van der Waals surface area contributed by atoms with E-state index < -0.39 is 22.9 Å². The molecule has 0 amide bonds. The normalized spacial score (nSPS) is 27.1. The van der Waals surface area contributed by atoms with E-state index >= 15 is 0 Å². The summed E-state index contributed by atoms with van der Waals surface area (Å²) < 4.78 is 0.669. The van der Waals surface area contributed by atoms with Crippen LogP contribution in [0, 0.1) is 11.3 Å². The minimum absolute atomic E-state index is 0.319. The third-order valence-electron chi connectivity index (χ3n) is 8.24. The Balaban J connectivity index is 1.83. The molecular formula is C27H36Hf. The van der Waals surface area contributed by atoms with E-state index in [-0.39, 0.29) is 0 Å². The zero-order chi connectivity index (χ0) is 20.6. The number of rotatable bonds is 3. The van der Waals surface area contributed by atoms with E-state index in [0.29, 0.717) is 17.7 Å². The van der Waals surface area contributed by atoms with E-state index in [1.54, 1.807) is 39.0 Å². The van der Waals surface area contributed by atoms with Crippen LogP contribution in [0.1, 0.15) is 84.6 Å². The first-order valence-electron chi connectivity index (χ1n) is 10.9. The fourth-order valence-corrected chi connectivity index (χ4v) is 14.5. The van der Waals surface area contributed by atoms with E-state index in [1.165, 1.54) is 18.4 Å². The van der Waals surface area contributed by atoms with Crippen LogP contribution in [0.25, 0.3) is 6.08 Å². The van der Waals surface area contributed by atoms with Gasteiger partial charge in [0.2, 0.25) is 0 Å². The molecule has 1 aromatic rings. The molecule has 0 heterocycles. The fourth-order valence-electron chi connectivity index (χ4n) is 5.89. The van der Waals surface area contributed by atoms with Crippen molar-refractivity contribution >= 4 is 6.08 Å². The summed E-state index contributed by atoms with van der Waals surface area (Å²) in [6.45, 7) is 21.9. The molecule has 0 saturated carbocycles. The van der Waals surface area contributed by atoms with Gasteiger partial charge in [0.1, 0.15) is 0 Å². The Hall–Kier alpha value is -0.690. The third kappa shape index (κ3) is 2.78. The van der Waals surface area contributed by atoms with Crippen molar-refractivity contribution in [2.45, 2.75) is 81.5 Å². The Labute approximate surface area is 183 Å². The molecule has 1 unspecified atom stereocenters. The van der Waals surface area contributed by atoms with Gasteiger partial charge in [-0.15, -0.1) is 0 Å². The van der Waals surface area contributed by atoms with Gasteiger partial charge < -0.3 is 0 Å². The molecule has 3 aliphatic rings. The van der Waals surface area contributed by atoms with Crippen LogP contribution in [0.15, 0.2) is 40.5 Å². The molecule has 4 rings (SSSR count). The molecule has 0 saturated heterocycles. The van der Waals surface area contributed by atoms with Crippen LogP contribution in [0.2, 0.25) is 3.17 Å². The molecule has 0 N–H and O–H groups in total. The average molecular weight is 539 g/mol. The molecule has 0 aromatic heterocycles. The summed E-state index contributed by atoms with van der Waals surface area (Å²) in [5.74, 6) is 0.666. The molecule has 1 aromatic carbocycles. The summed E-state index contributed by atoms with van der Waals surface area (Å²) >= 11 is -1.17. The number of allylic oxidation sites excluding steroid dienone is 5. The minimum atomic E-state index is -1.17. The molecule has 0 nitrogen and oxygen atoms in total. The number of hydrogen-bond acceptors (Lipinski definition) is 0. The monoisotopic (exact) mass is 540 g/mol. The SMILES string of the molecule is CC1=C(C)[C](C)([Hf][C]2(C(C)C)C=Cc3cc4c(cc32)CC(C)(C)C4)C(C)=C1C. The first kappa shape index (κ1) is 20.6. The van der Waals surface area contributed by atoms with Crippen molar-refractivity contribution in [1.29, 1.82) is 0 Å². The Kier molecular flexibility index (Phi) is 4.70. The number of hydrogen-bond donors (Lipinski definition) is 0. The van der Waals surface area contributed by atoms with E-state index in [9.17, 15) is 0 Å². The summed E-state index contributed by atoms with van der Waals surface area (Å²) in [5.41, 5.74) is 13.3. The second kappa shape index (κ2) is 6.40. The topological polar surface area (TPSA) is 0 Å². The summed E-state index contributed by atoms with van der Waals surface area (Å²) in [7, 11) is 0. The average Bonchev–Trinajstić information content (AvgIpc) is 3.16. The number of fused-ring (bicyclic) bond motifs is 2. The molecule has 1 atom stereocenters. The Morgan fingerprint density at radius 3 is 1.93 bits per heavy atom. The van der Waals surface area contributed by atoms with E-state index in [2.05, 4.69) is 86.6 Å². The second-order valence-corrected chi connectivity index (χ2v) is 18.3. The maximum absolute atomic E-state index is 2.64. The van der Waals surface area contributed by atoms with Crippen LogP contribution in [-0.4, -0.2) is 0 Å². The first-order valence-corrected chi connectivity index (χ1v) is 14.5. The predicted octanol–water partition coefficient (Wildman–Crippen LogP) is 7.64. The summed E-state index contributed by atoms with van der Waals surface area (Å²) in [6, 6.07) is 5.19. The van der Waals surface area contributed by atoms with Crippen molar-refractivity contribution < 1.29 is 22.9 Å². The van der Waals surface area contributed by atoms with Gasteiger partial charge in [-0.25, -0.2) is 0 Å². The van der Waals surface area contributed by atoms with Gasteiger partial charge in [-0.05, 0) is 0 Å². The van der Waals surface area contributed by atoms with Gasteiger partial charge in [0.25, 0.3) is 0 Å². The molecule has 3 aliphatic carbocycles. The van der Waals surface area contributed by atoms with Crippen molar-refractivity contribution in [2.24, 2.45) is 11.3 Å². The summed E-state index contributed by atoms with van der Waals surface area (Å²) in [5, 5.41) is 0. The van der Waals surface area contributed by atoms with Crippen LogP contribution in [-0.2, 0) is 38.9 Å². The predicted molar refractivity (Wildman–Crippen MR) is 118 cm³/mol. The van der Waals surface area contributed by atoms with E-state index in [0.717, 1.165) is 0 Å². The molecule has 28 heavy (non-hydrogen) atoms. The van der Waals surface area contributed by atoms with Gasteiger partial charge >= 0.3 is 185 Å². The zero-order valence-corrected chi connectivity index (χ0v) is 22.9. The van der Waals surface area contributed by atoms with Gasteiger partial charge in [0.15, 0.2) is 0 Å². The van der Waals surface area contributed by atoms with Crippen LogP contribution in [0.3, 0.4) is 0 Å².